The van der Waals surface area contributed by atoms with Gasteiger partial charge in [0.05, 0.1) is 4.92 Å². The van der Waals surface area contributed by atoms with Gasteiger partial charge in [0.2, 0.25) is 5.91 Å². The standard InChI is InChI=1S/C17H23N3O4.ClH/c21-17(12-13-2-1-9-18-13)19-10-7-16(8-11-19)24-15-5-3-14(4-6-15)20(22)23;/h3-6,13,16,18H,1-2,7-12H2;1H. The van der Waals surface area contributed by atoms with E-state index in [1.165, 1.54) is 12.1 Å². The van der Waals surface area contributed by atoms with Crippen molar-refractivity contribution in [3.63, 3.8) is 0 Å². The minimum Gasteiger partial charge on any atom is -0.490 e. The molecular weight excluding hydrogens is 346 g/mol. The summed E-state index contributed by atoms with van der Waals surface area (Å²) in [6.45, 7) is 2.44. The van der Waals surface area contributed by atoms with Crippen molar-refractivity contribution in [3.05, 3.63) is 34.4 Å². The molecule has 1 aromatic carbocycles. The van der Waals surface area contributed by atoms with Crippen LogP contribution in [0.1, 0.15) is 32.1 Å². The van der Waals surface area contributed by atoms with Gasteiger partial charge in [0.15, 0.2) is 0 Å². The Morgan fingerprint density at radius 3 is 2.48 bits per heavy atom. The van der Waals surface area contributed by atoms with Gasteiger partial charge >= 0.3 is 0 Å². The third kappa shape index (κ3) is 5.31. The number of non-ortho nitro benzene ring substituents is 1. The minimum absolute atomic E-state index is 0. The molecule has 138 valence electrons. The van der Waals surface area contributed by atoms with Crippen LogP contribution in [0.2, 0.25) is 0 Å². The molecule has 0 saturated carbocycles. The minimum atomic E-state index is -0.424. The molecular formula is C17H24ClN3O4. The third-order valence-corrected chi connectivity index (χ3v) is 4.73. The number of carbonyl (C=O) groups is 1. The summed E-state index contributed by atoms with van der Waals surface area (Å²) >= 11 is 0. The maximum absolute atomic E-state index is 12.3. The molecule has 2 fully saturated rings. The quantitative estimate of drug-likeness (QED) is 0.636. The molecule has 2 heterocycles. The molecule has 25 heavy (non-hydrogen) atoms. The number of nitro benzene ring substituents is 1. The Kier molecular flexibility index (Phi) is 7.01. The molecule has 1 atom stereocenters. The summed E-state index contributed by atoms with van der Waals surface area (Å²) in [5, 5.41) is 14.0. The molecule has 1 unspecified atom stereocenters. The van der Waals surface area contributed by atoms with Gasteiger partial charge in [-0.2, -0.15) is 0 Å². The molecule has 1 N–H and O–H groups in total. The second-order valence-electron chi connectivity index (χ2n) is 6.45. The number of nitro groups is 1. The summed E-state index contributed by atoms with van der Waals surface area (Å²) in [5.74, 6) is 0.865. The number of hydrogen-bond acceptors (Lipinski definition) is 5. The van der Waals surface area contributed by atoms with Crippen LogP contribution < -0.4 is 10.1 Å². The van der Waals surface area contributed by atoms with E-state index in [2.05, 4.69) is 5.32 Å². The number of benzene rings is 1. The number of piperidine rings is 1. The van der Waals surface area contributed by atoms with E-state index in [0.717, 1.165) is 32.2 Å². The second kappa shape index (κ2) is 9.01. The van der Waals surface area contributed by atoms with Gasteiger partial charge in [-0.3, -0.25) is 14.9 Å². The lowest BCUT2D eigenvalue weighted by molar-refractivity contribution is -0.384. The normalized spacial score (nSPS) is 20.8. The molecule has 0 spiro atoms. The number of nitrogens with zero attached hydrogens (tertiary/aromatic N) is 2. The Hall–Kier alpha value is -1.86. The predicted octanol–water partition coefficient (Wildman–Crippen LogP) is 2.53. The van der Waals surface area contributed by atoms with Gasteiger partial charge < -0.3 is 15.0 Å². The Morgan fingerprint density at radius 2 is 1.92 bits per heavy atom. The second-order valence-corrected chi connectivity index (χ2v) is 6.45. The van der Waals surface area contributed by atoms with E-state index < -0.39 is 4.92 Å². The van der Waals surface area contributed by atoms with Gasteiger partial charge in [-0.25, -0.2) is 0 Å². The predicted molar refractivity (Wildman–Crippen MR) is 96.2 cm³/mol. The number of hydrogen-bond donors (Lipinski definition) is 1. The highest BCUT2D eigenvalue weighted by molar-refractivity contribution is 5.85. The molecule has 8 heteroatoms. The molecule has 7 nitrogen and oxygen atoms in total. The molecule has 0 bridgehead atoms. The van der Waals surface area contributed by atoms with Crippen molar-refractivity contribution in [2.75, 3.05) is 19.6 Å². The maximum Gasteiger partial charge on any atom is 0.269 e. The lowest BCUT2D eigenvalue weighted by atomic mass is 10.1. The number of amides is 1. The maximum atomic E-state index is 12.3. The van der Waals surface area contributed by atoms with Crippen molar-refractivity contribution >= 4 is 24.0 Å². The van der Waals surface area contributed by atoms with Crippen LogP contribution in [0.25, 0.3) is 0 Å². The monoisotopic (exact) mass is 369 g/mol. The van der Waals surface area contributed by atoms with Crippen molar-refractivity contribution in [2.45, 2.75) is 44.2 Å². The first-order valence-corrected chi connectivity index (χ1v) is 8.54. The Morgan fingerprint density at radius 1 is 1.24 bits per heavy atom. The molecule has 0 aromatic heterocycles. The van der Waals surface area contributed by atoms with Gasteiger partial charge in [0, 0.05) is 50.5 Å². The number of halogens is 1. The van der Waals surface area contributed by atoms with Crippen molar-refractivity contribution in [1.29, 1.82) is 0 Å². The largest absolute Gasteiger partial charge is 0.490 e. The number of rotatable bonds is 5. The van der Waals surface area contributed by atoms with Crippen LogP contribution in [0, 0.1) is 10.1 Å². The van der Waals surface area contributed by atoms with E-state index in [9.17, 15) is 14.9 Å². The van der Waals surface area contributed by atoms with Crippen molar-refractivity contribution in [3.8, 4) is 5.75 Å². The third-order valence-electron chi connectivity index (χ3n) is 4.73. The fourth-order valence-corrected chi connectivity index (χ4v) is 3.33. The summed E-state index contributed by atoms with van der Waals surface area (Å²) in [6, 6.07) is 6.49. The molecule has 2 aliphatic heterocycles. The summed E-state index contributed by atoms with van der Waals surface area (Å²) in [4.78, 5) is 24.5. The molecule has 0 aliphatic carbocycles. The zero-order valence-electron chi connectivity index (χ0n) is 14.1. The van der Waals surface area contributed by atoms with E-state index in [1.807, 2.05) is 4.90 Å². The van der Waals surface area contributed by atoms with Gasteiger partial charge in [-0.1, -0.05) is 0 Å². The van der Waals surface area contributed by atoms with Gasteiger partial charge in [0.1, 0.15) is 11.9 Å². The number of ether oxygens (including phenoxy) is 1. The summed E-state index contributed by atoms with van der Waals surface area (Å²) in [5.41, 5.74) is 0.0586. The first-order valence-electron chi connectivity index (χ1n) is 8.54. The van der Waals surface area contributed by atoms with Gasteiger partial charge in [-0.15, -0.1) is 12.4 Å². The van der Waals surface area contributed by atoms with Gasteiger partial charge in [0.25, 0.3) is 5.69 Å². The van der Waals surface area contributed by atoms with E-state index in [1.54, 1.807) is 12.1 Å². The fourth-order valence-electron chi connectivity index (χ4n) is 3.33. The topological polar surface area (TPSA) is 84.7 Å². The zero-order valence-corrected chi connectivity index (χ0v) is 14.9. The van der Waals surface area contributed by atoms with Crippen molar-refractivity contribution in [1.82, 2.24) is 10.2 Å². The molecule has 1 aromatic rings. The molecule has 0 radical (unpaired) electrons. The summed E-state index contributed by atoms with van der Waals surface area (Å²) < 4.78 is 5.88. The Labute approximate surface area is 153 Å². The molecule has 2 saturated heterocycles. The lowest BCUT2D eigenvalue weighted by Crippen LogP contribution is -2.43. The van der Waals surface area contributed by atoms with Crippen LogP contribution >= 0.6 is 12.4 Å². The van der Waals surface area contributed by atoms with Crippen molar-refractivity contribution in [2.24, 2.45) is 0 Å². The smallest absolute Gasteiger partial charge is 0.269 e. The van der Waals surface area contributed by atoms with Crippen molar-refractivity contribution < 1.29 is 14.5 Å². The average molecular weight is 370 g/mol. The first kappa shape index (κ1) is 19.5. The van der Waals surface area contributed by atoms with Crippen LogP contribution in [0.4, 0.5) is 5.69 Å². The molecule has 2 aliphatic rings. The highest BCUT2D eigenvalue weighted by Gasteiger charge is 2.26. The Balaban J connectivity index is 0.00000225. The van der Waals surface area contributed by atoms with Crippen LogP contribution in [-0.2, 0) is 4.79 Å². The summed E-state index contributed by atoms with van der Waals surface area (Å²) in [6.07, 6.45) is 4.48. The van der Waals surface area contributed by atoms with Crippen LogP contribution in [-0.4, -0.2) is 47.5 Å². The zero-order chi connectivity index (χ0) is 16.9. The lowest BCUT2D eigenvalue weighted by Gasteiger charge is -2.32. The average Bonchev–Trinajstić information content (AvgIpc) is 3.09. The van der Waals surface area contributed by atoms with Crippen LogP contribution in [0.5, 0.6) is 5.75 Å². The SMILES string of the molecule is Cl.O=C(CC1CCCN1)N1CCC(Oc2ccc([N+](=O)[O-])cc2)CC1. The number of likely N-dealkylation sites (tertiary alicyclic amines) is 1. The van der Waals surface area contributed by atoms with Crippen LogP contribution in [0.3, 0.4) is 0 Å². The first-order chi connectivity index (χ1) is 11.6. The Bertz CT molecular complexity index is 582. The van der Waals surface area contributed by atoms with E-state index >= 15 is 0 Å². The van der Waals surface area contributed by atoms with Gasteiger partial charge in [-0.05, 0) is 31.5 Å². The number of nitrogens with one attached hydrogen (secondary N) is 1. The van der Waals surface area contributed by atoms with E-state index in [0.29, 0.717) is 31.3 Å². The summed E-state index contributed by atoms with van der Waals surface area (Å²) in [7, 11) is 0. The molecule has 1 amide bonds. The highest BCUT2D eigenvalue weighted by Crippen LogP contribution is 2.22. The molecule has 3 rings (SSSR count). The van der Waals surface area contributed by atoms with E-state index in [-0.39, 0.29) is 30.1 Å². The van der Waals surface area contributed by atoms with E-state index in [4.69, 9.17) is 4.74 Å². The highest BCUT2D eigenvalue weighted by atomic mass is 35.5. The fraction of sp³-hybridized carbons (Fsp3) is 0.588. The van der Waals surface area contributed by atoms with Crippen LogP contribution in [0.15, 0.2) is 24.3 Å². The number of carbonyl (C=O) groups excluding carboxylic acids is 1.